The van der Waals surface area contributed by atoms with Crippen LogP contribution in [0, 0.1) is 0 Å². The van der Waals surface area contributed by atoms with Gasteiger partial charge < -0.3 is 11.1 Å². The molecule has 0 aromatic heterocycles. The lowest BCUT2D eigenvalue weighted by Crippen LogP contribution is -2.51. The van der Waals surface area contributed by atoms with Crippen LogP contribution in [0.3, 0.4) is 0 Å². The number of rotatable bonds is 3. The molecule has 1 heterocycles. The topological polar surface area (TPSA) is 92.5 Å². The van der Waals surface area contributed by atoms with E-state index >= 15 is 0 Å². The van der Waals surface area contributed by atoms with Crippen LogP contribution in [-0.4, -0.2) is 34.8 Å². The van der Waals surface area contributed by atoms with Gasteiger partial charge in [0.2, 0.25) is 11.8 Å². The quantitative estimate of drug-likeness (QED) is 0.370. The molecule has 6 nitrogen and oxygen atoms in total. The summed E-state index contributed by atoms with van der Waals surface area (Å²) in [6.45, 7) is 6.54. The van der Waals surface area contributed by atoms with E-state index in [1.165, 1.54) is 6.92 Å². The first-order valence-electron chi connectivity index (χ1n) is 4.94. The minimum absolute atomic E-state index is 0.0192. The Balaban J connectivity index is 2.77. The summed E-state index contributed by atoms with van der Waals surface area (Å²) in [5, 5.41) is 2.44. The monoisotopic (exact) mass is 225 g/mol. The van der Waals surface area contributed by atoms with Crippen molar-refractivity contribution in [3.05, 3.63) is 12.2 Å². The molecule has 1 saturated heterocycles. The Morgan fingerprint density at radius 1 is 1.50 bits per heavy atom. The second-order valence-corrected chi connectivity index (χ2v) is 3.82. The van der Waals surface area contributed by atoms with Crippen LogP contribution in [0.1, 0.15) is 20.3 Å². The maximum atomic E-state index is 11.6. The molecular weight excluding hydrogens is 210 g/mol. The van der Waals surface area contributed by atoms with Crippen molar-refractivity contribution in [2.45, 2.75) is 32.5 Å². The molecule has 1 aliphatic heterocycles. The van der Waals surface area contributed by atoms with Gasteiger partial charge in [-0.2, -0.15) is 0 Å². The lowest BCUT2D eigenvalue weighted by atomic mass is 10.2. The molecule has 1 fully saturated rings. The number of imide groups is 1. The van der Waals surface area contributed by atoms with Gasteiger partial charge in [0.15, 0.2) is 0 Å². The minimum Gasteiger partial charge on any atom is -0.339 e. The molecule has 0 spiro atoms. The molecule has 6 heteroatoms. The van der Waals surface area contributed by atoms with Gasteiger partial charge in [-0.15, -0.1) is 0 Å². The molecule has 0 bridgehead atoms. The Kier molecular flexibility index (Phi) is 3.44. The zero-order valence-electron chi connectivity index (χ0n) is 9.32. The van der Waals surface area contributed by atoms with Gasteiger partial charge in [-0.05, 0) is 13.8 Å². The summed E-state index contributed by atoms with van der Waals surface area (Å²) < 4.78 is 0. The maximum Gasteiger partial charge on any atom is 0.257 e. The van der Waals surface area contributed by atoms with Crippen LogP contribution in [0.2, 0.25) is 0 Å². The number of carbonyl (C=O) groups excluding carboxylic acids is 3. The van der Waals surface area contributed by atoms with Crippen LogP contribution in [0.4, 0.5) is 0 Å². The van der Waals surface area contributed by atoms with Crippen LogP contribution in [-0.2, 0) is 14.4 Å². The number of nitrogens with zero attached hydrogens (tertiary/aromatic N) is 1. The number of hydrogen-bond donors (Lipinski definition) is 2. The molecule has 0 radical (unpaired) electrons. The highest BCUT2D eigenvalue weighted by Crippen LogP contribution is 2.19. The molecule has 0 aliphatic carbocycles. The van der Waals surface area contributed by atoms with Gasteiger partial charge in [0.05, 0.1) is 12.6 Å². The first-order chi connectivity index (χ1) is 7.34. The van der Waals surface area contributed by atoms with E-state index in [0.717, 1.165) is 4.90 Å². The second-order valence-electron chi connectivity index (χ2n) is 3.82. The van der Waals surface area contributed by atoms with E-state index in [1.807, 2.05) is 0 Å². The van der Waals surface area contributed by atoms with Crippen molar-refractivity contribution in [2.75, 3.05) is 0 Å². The minimum atomic E-state index is -0.856. The fourth-order valence-corrected chi connectivity index (χ4v) is 1.48. The number of carbonyl (C=O) groups is 3. The predicted octanol–water partition coefficient (Wildman–Crippen LogP) is -0.889. The van der Waals surface area contributed by atoms with E-state index in [1.54, 1.807) is 6.92 Å². The van der Waals surface area contributed by atoms with Crippen molar-refractivity contribution in [1.82, 2.24) is 10.2 Å². The Bertz CT molecular complexity index is 362. The third-order valence-corrected chi connectivity index (χ3v) is 2.29. The largest absolute Gasteiger partial charge is 0.339 e. The van der Waals surface area contributed by atoms with Crippen LogP contribution in [0.15, 0.2) is 12.2 Å². The van der Waals surface area contributed by atoms with Gasteiger partial charge in [0, 0.05) is 5.57 Å². The van der Waals surface area contributed by atoms with E-state index in [2.05, 4.69) is 11.9 Å². The number of hydrogen-bond acceptors (Lipinski definition) is 4. The molecule has 0 aromatic rings. The zero-order chi connectivity index (χ0) is 12.5. The lowest BCUT2D eigenvalue weighted by Gasteiger charge is -2.22. The van der Waals surface area contributed by atoms with Crippen LogP contribution in [0.5, 0.6) is 0 Å². The van der Waals surface area contributed by atoms with E-state index in [0.29, 0.717) is 0 Å². The van der Waals surface area contributed by atoms with Crippen LogP contribution >= 0.6 is 0 Å². The van der Waals surface area contributed by atoms with Crippen molar-refractivity contribution in [3.63, 3.8) is 0 Å². The first-order valence-corrected chi connectivity index (χ1v) is 4.94. The fourth-order valence-electron chi connectivity index (χ4n) is 1.48. The van der Waals surface area contributed by atoms with Crippen molar-refractivity contribution in [3.8, 4) is 0 Å². The molecule has 16 heavy (non-hydrogen) atoms. The number of likely N-dealkylation sites (tertiary alicyclic amines) is 1. The summed E-state index contributed by atoms with van der Waals surface area (Å²) in [6.07, 6.45) is -0.541. The molecular formula is C10H15N3O3. The summed E-state index contributed by atoms with van der Waals surface area (Å²) in [7, 11) is 0. The van der Waals surface area contributed by atoms with Crippen molar-refractivity contribution < 1.29 is 14.4 Å². The summed E-state index contributed by atoms with van der Waals surface area (Å²) in [6, 6.07) is -0.856. The summed E-state index contributed by atoms with van der Waals surface area (Å²) in [5.41, 5.74) is 5.60. The Hall–Kier alpha value is -1.69. The van der Waals surface area contributed by atoms with Crippen LogP contribution in [0.25, 0.3) is 0 Å². The molecule has 3 amide bonds. The van der Waals surface area contributed by atoms with Crippen molar-refractivity contribution in [1.29, 1.82) is 0 Å². The number of nitrogens with one attached hydrogen (secondary N) is 1. The summed E-state index contributed by atoms with van der Waals surface area (Å²) in [4.78, 5) is 35.5. The van der Waals surface area contributed by atoms with Crippen molar-refractivity contribution >= 4 is 17.7 Å². The third kappa shape index (κ3) is 2.27. The van der Waals surface area contributed by atoms with Gasteiger partial charge in [0.25, 0.3) is 5.91 Å². The predicted molar refractivity (Wildman–Crippen MR) is 56.9 cm³/mol. The van der Waals surface area contributed by atoms with Gasteiger partial charge >= 0.3 is 0 Å². The highest BCUT2D eigenvalue weighted by atomic mass is 16.2. The Morgan fingerprint density at radius 3 is 2.44 bits per heavy atom. The average Bonchev–Trinajstić information content (AvgIpc) is 2.39. The number of amides is 3. The van der Waals surface area contributed by atoms with Gasteiger partial charge in [-0.25, -0.2) is 0 Å². The lowest BCUT2D eigenvalue weighted by molar-refractivity contribution is -0.145. The zero-order valence-corrected chi connectivity index (χ0v) is 9.32. The first kappa shape index (κ1) is 12.4. The molecule has 1 aliphatic rings. The summed E-state index contributed by atoms with van der Waals surface area (Å²) in [5.74, 6) is -1.34. The highest BCUT2D eigenvalue weighted by Gasteiger charge is 2.38. The van der Waals surface area contributed by atoms with E-state index in [-0.39, 0.29) is 12.0 Å². The summed E-state index contributed by atoms with van der Waals surface area (Å²) >= 11 is 0. The van der Waals surface area contributed by atoms with Crippen molar-refractivity contribution in [2.24, 2.45) is 5.73 Å². The van der Waals surface area contributed by atoms with E-state index in [9.17, 15) is 14.4 Å². The molecule has 1 rings (SSSR count). The standard InChI is InChI=1S/C10H15N3O3/c1-5-4-8(14)13(10(5)16)6(2)9(15)12-7(3)11/h6-7H,1,4,11H2,2-3H3,(H,12,15). The SMILES string of the molecule is C=C1CC(=O)N(C(C)C(=O)NC(C)N)C1=O. The van der Waals surface area contributed by atoms with Gasteiger partial charge in [-0.1, -0.05) is 6.58 Å². The fraction of sp³-hybridized carbons (Fsp3) is 0.500. The smallest absolute Gasteiger partial charge is 0.257 e. The average molecular weight is 225 g/mol. The van der Waals surface area contributed by atoms with E-state index in [4.69, 9.17) is 5.73 Å². The third-order valence-electron chi connectivity index (χ3n) is 2.29. The van der Waals surface area contributed by atoms with E-state index < -0.39 is 29.9 Å². The number of nitrogens with two attached hydrogens (primary N) is 1. The molecule has 2 unspecified atom stereocenters. The van der Waals surface area contributed by atoms with Crippen LogP contribution < -0.4 is 11.1 Å². The van der Waals surface area contributed by atoms with Gasteiger partial charge in [0.1, 0.15) is 6.04 Å². The molecule has 2 atom stereocenters. The molecule has 0 saturated carbocycles. The Morgan fingerprint density at radius 2 is 2.06 bits per heavy atom. The normalized spacial score (nSPS) is 19.9. The Labute approximate surface area is 93.5 Å². The van der Waals surface area contributed by atoms with Gasteiger partial charge in [-0.3, -0.25) is 19.3 Å². The molecule has 0 aromatic carbocycles. The molecule has 88 valence electrons. The highest BCUT2D eigenvalue weighted by molar-refractivity contribution is 6.15. The maximum absolute atomic E-state index is 11.6. The molecule has 3 N–H and O–H groups in total. The second kappa shape index (κ2) is 4.44.